The summed E-state index contributed by atoms with van der Waals surface area (Å²) in [5.41, 5.74) is -0.126. The van der Waals surface area contributed by atoms with E-state index in [1.807, 2.05) is 27.7 Å². The van der Waals surface area contributed by atoms with Crippen molar-refractivity contribution in [1.29, 1.82) is 0 Å². The maximum absolute atomic E-state index is 10.7. The first-order valence-electron chi connectivity index (χ1n) is 5.49. The van der Waals surface area contributed by atoms with Crippen molar-refractivity contribution in [2.45, 2.75) is 46.1 Å². The summed E-state index contributed by atoms with van der Waals surface area (Å²) in [6.45, 7) is 9.17. The van der Waals surface area contributed by atoms with Gasteiger partial charge < -0.3 is 9.42 Å². The number of hydrogen-bond donors (Lipinski definition) is 0. The Balaban J connectivity index is 2.68. The van der Waals surface area contributed by atoms with E-state index in [1.54, 1.807) is 4.90 Å². The SMILES string of the molecule is CCCN(C=O)Cc1nc(C(C)(C)C)no1. The normalized spacial score (nSPS) is 11.5. The van der Waals surface area contributed by atoms with E-state index in [0.717, 1.165) is 12.8 Å². The van der Waals surface area contributed by atoms with Crippen molar-refractivity contribution in [2.75, 3.05) is 6.54 Å². The Labute approximate surface area is 95.8 Å². The van der Waals surface area contributed by atoms with Gasteiger partial charge in [-0.2, -0.15) is 4.98 Å². The molecule has 0 radical (unpaired) electrons. The molecule has 0 aromatic carbocycles. The van der Waals surface area contributed by atoms with Crippen LogP contribution in [0.15, 0.2) is 4.52 Å². The Bertz CT molecular complexity index is 341. The average Bonchev–Trinajstić information content (AvgIpc) is 2.65. The first kappa shape index (κ1) is 12.7. The molecule has 0 aliphatic carbocycles. The highest BCUT2D eigenvalue weighted by Crippen LogP contribution is 2.18. The third kappa shape index (κ3) is 3.32. The van der Waals surface area contributed by atoms with Gasteiger partial charge in [0.15, 0.2) is 5.82 Å². The summed E-state index contributed by atoms with van der Waals surface area (Å²) in [6, 6.07) is 0. The summed E-state index contributed by atoms with van der Waals surface area (Å²) < 4.78 is 5.11. The molecule has 0 fully saturated rings. The lowest BCUT2D eigenvalue weighted by atomic mass is 9.96. The lowest BCUT2D eigenvalue weighted by molar-refractivity contribution is -0.119. The second-order valence-electron chi connectivity index (χ2n) is 4.84. The van der Waals surface area contributed by atoms with Crippen LogP contribution in [0.2, 0.25) is 0 Å². The van der Waals surface area contributed by atoms with Crippen molar-refractivity contribution in [3.8, 4) is 0 Å². The van der Waals surface area contributed by atoms with Gasteiger partial charge in [0.2, 0.25) is 12.3 Å². The Morgan fingerprint density at radius 3 is 2.56 bits per heavy atom. The first-order valence-corrected chi connectivity index (χ1v) is 5.49. The number of amides is 1. The molecule has 90 valence electrons. The van der Waals surface area contributed by atoms with Gasteiger partial charge in [0.05, 0.1) is 6.54 Å². The lowest BCUT2D eigenvalue weighted by Gasteiger charge is -2.13. The molecule has 0 aliphatic rings. The second kappa shape index (κ2) is 5.09. The van der Waals surface area contributed by atoms with Crippen molar-refractivity contribution >= 4 is 6.41 Å². The van der Waals surface area contributed by atoms with Crippen molar-refractivity contribution in [2.24, 2.45) is 0 Å². The third-order valence-corrected chi connectivity index (χ3v) is 2.14. The zero-order valence-electron chi connectivity index (χ0n) is 10.4. The smallest absolute Gasteiger partial charge is 0.246 e. The highest BCUT2D eigenvalue weighted by Gasteiger charge is 2.21. The molecule has 0 saturated heterocycles. The summed E-state index contributed by atoms with van der Waals surface area (Å²) in [5.74, 6) is 1.16. The number of hydrogen-bond acceptors (Lipinski definition) is 4. The average molecular weight is 225 g/mol. The van der Waals surface area contributed by atoms with E-state index in [-0.39, 0.29) is 5.41 Å². The molecule has 0 N–H and O–H groups in total. The van der Waals surface area contributed by atoms with Crippen LogP contribution in [0.4, 0.5) is 0 Å². The minimum absolute atomic E-state index is 0.126. The molecule has 0 unspecified atom stereocenters. The van der Waals surface area contributed by atoms with Crippen LogP contribution >= 0.6 is 0 Å². The van der Waals surface area contributed by atoms with Crippen LogP contribution in [0.3, 0.4) is 0 Å². The van der Waals surface area contributed by atoms with Crippen molar-refractivity contribution in [3.05, 3.63) is 11.7 Å². The van der Waals surface area contributed by atoms with Gasteiger partial charge in [-0.3, -0.25) is 4.79 Å². The zero-order chi connectivity index (χ0) is 12.2. The maximum atomic E-state index is 10.7. The van der Waals surface area contributed by atoms with Crippen LogP contribution in [0, 0.1) is 0 Å². The van der Waals surface area contributed by atoms with Crippen LogP contribution < -0.4 is 0 Å². The molecule has 16 heavy (non-hydrogen) atoms. The highest BCUT2D eigenvalue weighted by molar-refractivity contribution is 5.46. The predicted molar refractivity (Wildman–Crippen MR) is 59.8 cm³/mol. The zero-order valence-corrected chi connectivity index (χ0v) is 10.4. The molecule has 1 aromatic heterocycles. The van der Waals surface area contributed by atoms with Crippen LogP contribution in [0.5, 0.6) is 0 Å². The molecule has 0 bridgehead atoms. The number of carbonyl (C=O) groups excluding carboxylic acids is 1. The second-order valence-corrected chi connectivity index (χ2v) is 4.84. The Kier molecular flexibility index (Phi) is 4.04. The topological polar surface area (TPSA) is 59.2 Å². The number of aromatic nitrogens is 2. The Hall–Kier alpha value is -1.39. The lowest BCUT2D eigenvalue weighted by Crippen LogP contribution is -2.22. The van der Waals surface area contributed by atoms with Gasteiger partial charge in [0, 0.05) is 12.0 Å². The fourth-order valence-electron chi connectivity index (χ4n) is 1.25. The summed E-state index contributed by atoms with van der Waals surface area (Å²) >= 11 is 0. The van der Waals surface area contributed by atoms with E-state index in [1.165, 1.54) is 0 Å². The molecule has 0 saturated carbocycles. The van der Waals surface area contributed by atoms with E-state index >= 15 is 0 Å². The van der Waals surface area contributed by atoms with E-state index in [4.69, 9.17) is 4.52 Å². The van der Waals surface area contributed by atoms with Crippen LogP contribution in [0.1, 0.15) is 45.8 Å². The summed E-state index contributed by atoms with van der Waals surface area (Å²) in [6.07, 6.45) is 1.73. The summed E-state index contributed by atoms with van der Waals surface area (Å²) in [7, 11) is 0. The minimum atomic E-state index is -0.126. The molecule has 1 heterocycles. The molecule has 1 aromatic rings. The van der Waals surface area contributed by atoms with Crippen LogP contribution in [-0.4, -0.2) is 28.0 Å². The van der Waals surface area contributed by atoms with Gasteiger partial charge in [-0.25, -0.2) is 0 Å². The molecule has 1 amide bonds. The van der Waals surface area contributed by atoms with Gasteiger partial charge >= 0.3 is 0 Å². The Morgan fingerprint density at radius 1 is 1.44 bits per heavy atom. The number of nitrogens with zero attached hydrogens (tertiary/aromatic N) is 3. The van der Waals surface area contributed by atoms with E-state index in [9.17, 15) is 4.79 Å². The largest absolute Gasteiger partial charge is 0.337 e. The third-order valence-electron chi connectivity index (χ3n) is 2.14. The fraction of sp³-hybridized carbons (Fsp3) is 0.727. The van der Waals surface area contributed by atoms with Crippen molar-refractivity contribution < 1.29 is 9.32 Å². The molecular formula is C11H19N3O2. The molecular weight excluding hydrogens is 206 g/mol. The maximum Gasteiger partial charge on any atom is 0.246 e. The van der Waals surface area contributed by atoms with Gasteiger partial charge in [-0.15, -0.1) is 0 Å². The fourth-order valence-corrected chi connectivity index (χ4v) is 1.25. The van der Waals surface area contributed by atoms with Gasteiger partial charge in [0.1, 0.15) is 0 Å². The first-order chi connectivity index (χ1) is 7.47. The monoisotopic (exact) mass is 225 g/mol. The van der Waals surface area contributed by atoms with Crippen LogP contribution in [-0.2, 0) is 16.8 Å². The molecule has 5 heteroatoms. The van der Waals surface area contributed by atoms with Gasteiger partial charge in [0.25, 0.3) is 0 Å². The number of rotatable bonds is 5. The molecule has 5 nitrogen and oxygen atoms in total. The van der Waals surface area contributed by atoms with E-state index in [0.29, 0.717) is 24.8 Å². The summed E-state index contributed by atoms with van der Waals surface area (Å²) in [4.78, 5) is 16.6. The molecule has 0 spiro atoms. The molecule has 0 atom stereocenters. The van der Waals surface area contributed by atoms with Crippen molar-refractivity contribution in [1.82, 2.24) is 15.0 Å². The van der Waals surface area contributed by atoms with Gasteiger partial charge in [-0.1, -0.05) is 32.9 Å². The van der Waals surface area contributed by atoms with E-state index < -0.39 is 0 Å². The van der Waals surface area contributed by atoms with Crippen LogP contribution in [0.25, 0.3) is 0 Å². The molecule has 0 aliphatic heterocycles. The van der Waals surface area contributed by atoms with Crippen molar-refractivity contribution in [3.63, 3.8) is 0 Å². The molecule has 1 rings (SSSR count). The standard InChI is InChI=1S/C11H19N3O2/c1-5-6-14(8-15)7-9-12-10(13-16-9)11(2,3)4/h8H,5-7H2,1-4H3. The minimum Gasteiger partial charge on any atom is -0.337 e. The summed E-state index contributed by atoms with van der Waals surface area (Å²) in [5, 5.41) is 3.91. The predicted octanol–water partition coefficient (Wildman–Crippen LogP) is 1.74. The van der Waals surface area contributed by atoms with Gasteiger partial charge in [-0.05, 0) is 6.42 Å². The Morgan fingerprint density at radius 2 is 2.12 bits per heavy atom. The quantitative estimate of drug-likeness (QED) is 0.716. The highest BCUT2D eigenvalue weighted by atomic mass is 16.5. The number of carbonyl (C=O) groups is 1. The van der Waals surface area contributed by atoms with E-state index in [2.05, 4.69) is 10.1 Å².